The molecule has 0 fully saturated rings. The van der Waals surface area contributed by atoms with Gasteiger partial charge in [-0.1, -0.05) is 36.4 Å². The predicted molar refractivity (Wildman–Crippen MR) is 107 cm³/mol. The molecule has 0 aromatic heterocycles. The third-order valence-corrected chi connectivity index (χ3v) is 3.34. The van der Waals surface area contributed by atoms with E-state index in [9.17, 15) is 5.11 Å². The Kier molecular flexibility index (Phi) is 8.48. The van der Waals surface area contributed by atoms with Gasteiger partial charge < -0.3 is 25.2 Å². The molecule has 0 saturated heterocycles. The van der Waals surface area contributed by atoms with E-state index in [2.05, 4.69) is 10.2 Å². The Balaban J connectivity index is 0.000000892. The van der Waals surface area contributed by atoms with Crippen LogP contribution in [0, 0.1) is 15.3 Å². The number of hydrogen-bond donors (Lipinski definition) is 4. The summed E-state index contributed by atoms with van der Waals surface area (Å²) in [6.07, 6.45) is 1.95. The number of phenols is 1. The summed E-state index contributed by atoms with van der Waals surface area (Å²) in [5.41, 5.74) is 14.2. The highest BCUT2D eigenvalue weighted by molar-refractivity contribution is 6.26. The predicted octanol–water partition coefficient (Wildman–Crippen LogP) is 0.432. The Hall–Kier alpha value is -4.08. The number of benzene rings is 2. The van der Waals surface area contributed by atoms with Crippen molar-refractivity contribution in [1.29, 1.82) is 0 Å². The van der Waals surface area contributed by atoms with Crippen LogP contribution in [-0.2, 0) is 0 Å². The maximum atomic E-state index is 9.73. The Morgan fingerprint density at radius 1 is 1.21 bits per heavy atom. The fraction of sp³-hybridized carbons (Fsp3) is 0.111. The van der Waals surface area contributed by atoms with Gasteiger partial charge in [-0.3, -0.25) is 11.5 Å². The Labute approximate surface area is 161 Å². The van der Waals surface area contributed by atoms with E-state index in [1.165, 1.54) is 7.11 Å². The molecule has 10 nitrogen and oxygen atoms in total. The molecule has 0 spiro atoms. The fourth-order valence-electron chi connectivity index (χ4n) is 2.17. The summed E-state index contributed by atoms with van der Waals surface area (Å²) in [5, 5.41) is 31.2. The SMILES string of the molecule is COc1cc(/C=C(\C(C)=N\[NH+]=C(N)N)c2ccccc2)ccc1O.O=[N+]([O-])[O-]. The first-order valence-corrected chi connectivity index (χ1v) is 7.88. The molecule has 0 bridgehead atoms. The number of allylic oxidation sites excluding steroid dienone is 1. The normalized spacial score (nSPS) is 11.1. The van der Waals surface area contributed by atoms with Gasteiger partial charge in [-0.05, 0) is 36.3 Å². The van der Waals surface area contributed by atoms with Crippen molar-refractivity contribution in [1.82, 2.24) is 0 Å². The summed E-state index contributed by atoms with van der Waals surface area (Å²) in [5.74, 6) is 0.518. The first kappa shape index (κ1) is 22.0. The lowest BCUT2D eigenvalue weighted by atomic mass is 9.99. The zero-order valence-electron chi connectivity index (χ0n) is 15.3. The smallest absolute Gasteiger partial charge is 0.362 e. The topological polar surface area (TPSA) is 174 Å². The highest BCUT2D eigenvalue weighted by Gasteiger charge is 2.08. The minimum atomic E-state index is -1.75. The van der Waals surface area contributed by atoms with Gasteiger partial charge in [-0.25, -0.2) is 0 Å². The van der Waals surface area contributed by atoms with E-state index in [-0.39, 0.29) is 11.7 Å². The second kappa shape index (κ2) is 10.8. The van der Waals surface area contributed by atoms with Crippen molar-refractivity contribution in [3.8, 4) is 11.5 Å². The van der Waals surface area contributed by atoms with Gasteiger partial charge in [0.15, 0.2) is 11.5 Å². The van der Waals surface area contributed by atoms with Crippen molar-refractivity contribution in [3.63, 3.8) is 0 Å². The number of guanidine groups is 1. The van der Waals surface area contributed by atoms with E-state index >= 15 is 0 Å². The molecular formula is C18H21N5O5. The van der Waals surface area contributed by atoms with Crippen LogP contribution in [0.2, 0.25) is 0 Å². The number of hydrazone groups is 1. The Bertz CT molecular complexity index is 886. The molecule has 0 aliphatic heterocycles. The van der Waals surface area contributed by atoms with Gasteiger partial charge in [0.2, 0.25) is 0 Å². The number of aromatic hydroxyl groups is 1. The molecule has 2 aromatic carbocycles. The molecule has 28 heavy (non-hydrogen) atoms. The van der Waals surface area contributed by atoms with Gasteiger partial charge >= 0.3 is 5.96 Å². The van der Waals surface area contributed by atoms with Gasteiger partial charge in [-0.15, -0.1) is 5.10 Å². The van der Waals surface area contributed by atoms with Gasteiger partial charge in [0, 0.05) is 5.57 Å². The number of hydrogen-bond acceptors (Lipinski definition) is 6. The minimum Gasteiger partial charge on any atom is -0.504 e. The van der Waals surface area contributed by atoms with Crippen LogP contribution in [0.25, 0.3) is 11.6 Å². The summed E-state index contributed by atoms with van der Waals surface area (Å²) < 4.78 is 5.15. The molecule has 0 heterocycles. The molecule has 2 aromatic rings. The van der Waals surface area contributed by atoms with Gasteiger partial charge in [0.25, 0.3) is 0 Å². The van der Waals surface area contributed by atoms with Crippen LogP contribution in [-0.4, -0.2) is 29.0 Å². The molecule has 148 valence electrons. The summed E-state index contributed by atoms with van der Waals surface area (Å²) in [6, 6.07) is 14.9. The van der Waals surface area contributed by atoms with Crippen LogP contribution >= 0.6 is 0 Å². The molecule has 0 aliphatic carbocycles. The summed E-state index contributed by atoms with van der Waals surface area (Å²) in [4.78, 5) is 8.25. The van der Waals surface area contributed by atoms with Crippen molar-refractivity contribution >= 4 is 23.3 Å². The zero-order chi connectivity index (χ0) is 21.1. The lowest BCUT2D eigenvalue weighted by Gasteiger charge is -2.08. The average Bonchev–Trinajstić information content (AvgIpc) is 2.65. The van der Waals surface area contributed by atoms with Crippen LogP contribution in [0.4, 0.5) is 0 Å². The lowest BCUT2D eigenvalue weighted by Crippen LogP contribution is -2.72. The fourth-order valence-corrected chi connectivity index (χ4v) is 2.17. The maximum Gasteiger partial charge on any atom is 0.362 e. The number of rotatable bonds is 5. The molecule has 0 amide bonds. The van der Waals surface area contributed by atoms with E-state index < -0.39 is 5.09 Å². The van der Waals surface area contributed by atoms with Gasteiger partial charge in [0.05, 0.1) is 17.9 Å². The molecule has 2 rings (SSSR count). The minimum absolute atomic E-state index is 0.0214. The molecule has 0 atom stereocenters. The molecule has 10 heteroatoms. The summed E-state index contributed by atoms with van der Waals surface area (Å²) in [7, 11) is 1.51. The van der Waals surface area contributed by atoms with E-state index in [0.717, 1.165) is 16.7 Å². The molecule has 0 saturated carbocycles. The molecule has 0 aliphatic rings. The standard InChI is InChI=1S/C18H20N4O2.NO3/c1-12(21-22-18(19)20)15(14-6-4-3-5-7-14)10-13-8-9-16(23)17(11-13)24-2;2-1(3)4/h3-11,23H,1-2H3,(H4,19,20,22);/q;-1/p+1/b15-10+,21-12+;. The third-order valence-electron chi connectivity index (χ3n) is 3.34. The molecule has 0 unspecified atom stereocenters. The van der Waals surface area contributed by atoms with Crippen LogP contribution in [0.15, 0.2) is 53.6 Å². The second-order valence-corrected chi connectivity index (χ2v) is 5.34. The number of nitrogens with one attached hydrogen (secondary N) is 1. The van der Waals surface area contributed by atoms with E-state index in [1.807, 2.05) is 43.3 Å². The number of nitrogens with zero attached hydrogens (tertiary/aromatic N) is 2. The molecule has 6 N–H and O–H groups in total. The second-order valence-electron chi connectivity index (χ2n) is 5.34. The summed E-state index contributed by atoms with van der Waals surface area (Å²) in [6.45, 7) is 1.85. The van der Waals surface area contributed by atoms with Crippen molar-refractivity contribution in [2.45, 2.75) is 6.92 Å². The number of methoxy groups -OCH3 is 1. The first-order valence-electron chi connectivity index (χ1n) is 7.88. The van der Waals surface area contributed by atoms with E-state index in [4.69, 9.17) is 31.5 Å². The van der Waals surface area contributed by atoms with Crippen molar-refractivity contribution in [3.05, 3.63) is 75.0 Å². The highest BCUT2D eigenvalue weighted by Crippen LogP contribution is 2.28. The van der Waals surface area contributed by atoms with E-state index in [1.54, 1.807) is 18.2 Å². The average molecular weight is 387 g/mol. The van der Waals surface area contributed by atoms with Gasteiger partial charge in [0.1, 0.15) is 0 Å². The van der Waals surface area contributed by atoms with Crippen LogP contribution in [0.3, 0.4) is 0 Å². The molecule has 0 radical (unpaired) electrons. The third kappa shape index (κ3) is 7.44. The summed E-state index contributed by atoms with van der Waals surface area (Å²) >= 11 is 0. The monoisotopic (exact) mass is 387 g/mol. The van der Waals surface area contributed by atoms with Crippen LogP contribution < -0.4 is 21.3 Å². The first-order chi connectivity index (χ1) is 13.2. The van der Waals surface area contributed by atoms with E-state index in [0.29, 0.717) is 11.5 Å². The van der Waals surface area contributed by atoms with Gasteiger partial charge in [-0.2, -0.15) is 5.10 Å². The molecular weight excluding hydrogens is 366 g/mol. The number of nitrogens with two attached hydrogens (primary N) is 2. The Morgan fingerprint density at radius 2 is 1.82 bits per heavy atom. The number of phenolic OH excluding ortho intramolecular Hbond substituents is 1. The van der Waals surface area contributed by atoms with Crippen LogP contribution in [0.1, 0.15) is 18.1 Å². The van der Waals surface area contributed by atoms with Crippen molar-refractivity contribution in [2.75, 3.05) is 7.11 Å². The van der Waals surface area contributed by atoms with Crippen LogP contribution in [0.5, 0.6) is 11.5 Å². The quantitative estimate of drug-likeness (QED) is 0.189. The largest absolute Gasteiger partial charge is 0.504 e. The lowest BCUT2D eigenvalue weighted by molar-refractivity contribution is -0.464. The van der Waals surface area contributed by atoms with Crippen molar-refractivity contribution < 1.29 is 20.0 Å². The highest BCUT2D eigenvalue weighted by atomic mass is 16.9. The zero-order valence-corrected chi connectivity index (χ0v) is 15.3. The Morgan fingerprint density at radius 3 is 2.36 bits per heavy atom. The number of ether oxygens (including phenoxy) is 1. The van der Waals surface area contributed by atoms with Crippen molar-refractivity contribution in [2.24, 2.45) is 16.6 Å². The maximum absolute atomic E-state index is 9.73.